The number of piperidine rings is 1. The minimum absolute atomic E-state index is 0.00391. The number of hydrogen-bond acceptors (Lipinski definition) is 5. The predicted octanol–water partition coefficient (Wildman–Crippen LogP) is 2.66. The monoisotopic (exact) mass is 363 g/mol. The third-order valence-corrected chi connectivity index (χ3v) is 5.77. The lowest BCUT2D eigenvalue weighted by atomic mass is 9.63. The molecule has 1 amide bonds. The number of amides is 1. The Balaban J connectivity index is 1.66. The third-order valence-electron chi connectivity index (χ3n) is 5.77. The molecule has 1 aromatic heterocycles. The Morgan fingerprint density at radius 3 is 2.74 bits per heavy atom. The summed E-state index contributed by atoms with van der Waals surface area (Å²) in [5, 5.41) is 25.2. The maximum atomic E-state index is 12.8. The number of aromatic nitrogens is 2. The molecule has 7 heteroatoms. The van der Waals surface area contributed by atoms with Crippen molar-refractivity contribution in [3.05, 3.63) is 47.2 Å². The van der Waals surface area contributed by atoms with E-state index in [-0.39, 0.29) is 11.8 Å². The summed E-state index contributed by atoms with van der Waals surface area (Å²) in [5.74, 6) is -0.306. The van der Waals surface area contributed by atoms with E-state index in [4.69, 9.17) is 10.1 Å². The van der Waals surface area contributed by atoms with Crippen LogP contribution < -0.4 is 4.74 Å². The molecule has 4 rings (SSSR count). The van der Waals surface area contributed by atoms with Crippen molar-refractivity contribution < 1.29 is 9.53 Å². The Labute approximate surface area is 157 Å². The van der Waals surface area contributed by atoms with E-state index in [0.717, 1.165) is 17.7 Å². The van der Waals surface area contributed by atoms with Gasteiger partial charge < -0.3 is 9.64 Å². The second-order valence-electron chi connectivity index (χ2n) is 7.08. The Morgan fingerprint density at radius 1 is 1.41 bits per heavy atom. The number of hydrogen-bond donors (Lipinski definition) is 2. The molecule has 3 heterocycles. The van der Waals surface area contributed by atoms with Gasteiger partial charge in [-0.1, -0.05) is 25.1 Å². The van der Waals surface area contributed by atoms with Crippen molar-refractivity contribution in [1.29, 1.82) is 10.7 Å². The number of aryl methyl sites for hydroxylation is 1. The number of carbonyl (C=O) groups is 1. The molecule has 1 fully saturated rings. The molecule has 27 heavy (non-hydrogen) atoms. The number of nitriles is 1. The number of H-pyrrole nitrogens is 1. The van der Waals surface area contributed by atoms with Crippen molar-refractivity contribution in [3.63, 3.8) is 0 Å². The van der Waals surface area contributed by atoms with Crippen LogP contribution in [0.1, 0.15) is 41.4 Å². The van der Waals surface area contributed by atoms with Crippen LogP contribution in [0, 0.1) is 22.7 Å². The second-order valence-corrected chi connectivity index (χ2v) is 7.08. The standard InChI is InChI=1S/C20H21N5O2/c1-2-15-16-18(24-23-15)27-17(22)14(12-21)20(16)8-10-25(11-9-20)19(26)13-6-4-3-5-7-13/h3-7,14,22H,2,8-11H2,1H3,(H,23,24). The molecule has 2 N–H and O–H groups in total. The zero-order chi connectivity index (χ0) is 19.0. The highest BCUT2D eigenvalue weighted by Crippen LogP contribution is 2.50. The van der Waals surface area contributed by atoms with E-state index >= 15 is 0 Å². The van der Waals surface area contributed by atoms with Gasteiger partial charge in [-0.15, -0.1) is 5.10 Å². The summed E-state index contributed by atoms with van der Waals surface area (Å²) in [6.07, 6.45) is 1.95. The van der Waals surface area contributed by atoms with Gasteiger partial charge in [0, 0.05) is 35.3 Å². The highest BCUT2D eigenvalue weighted by molar-refractivity contribution is 5.94. The molecule has 2 aliphatic heterocycles. The quantitative estimate of drug-likeness (QED) is 0.855. The molecule has 1 unspecified atom stereocenters. The fourth-order valence-corrected chi connectivity index (χ4v) is 4.35. The van der Waals surface area contributed by atoms with E-state index in [1.165, 1.54) is 0 Å². The maximum absolute atomic E-state index is 12.8. The lowest BCUT2D eigenvalue weighted by Gasteiger charge is -2.46. The van der Waals surface area contributed by atoms with Gasteiger partial charge in [0.05, 0.1) is 6.07 Å². The molecule has 7 nitrogen and oxygen atoms in total. The lowest BCUT2D eigenvalue weighted by molar-refractivity contribution is 0.0640. The van der Waals surface area contributed by atoms with Crippen LogP contribution in [-0.2, 0) is 11.8 Å². The number of nitrogens with zero attached hydrogens (tertiary/aromatic N) is 3. The third kappa shape index (κ3) is 2.60. The first-order valence-electron chi connectivity index (χ1n) is 9.18. The first kappa shape index (κ1) is 17.3. The van der Waals surface area contributed by atoms with Gasteiger partial charge in [0.15, 0.2) is 0 Å². The van der Waals surface area contributed by atoms with Crippen LogP contribution in [0.4, 0.5) is 0 Å². The van der Waals surface area contributed by atoms with E-state index < -0.39 is 11.3 Å². The molecule has 1 saturated heterocycles. The normalized spacial score (nSPS) is 20.7. The fraction of sp³-hybridized carbons (Fsp3) is 0.400. The first-order chi connectivity index (χ1) is 13.1. The summed E-state index contributed by atoms with van der Waals surface area (Å²) < 4.78 is 5.53. The molecule has 138 valence electrons. The van der Waals surface area contributed by atoms with Gasteiger partial charge in [0.25, 0.3) is 5.91 Å². The van der Waals surface area contributed by atoms with Crippen LogP contribution in [0.15, 0.2) is 30.3 Å². The van der Waals surface area contributed by atoms with Crippen molar-refractivity contribution in [1.82, 2.24) is 15.1 Å². The predicted molar refractivity (Wildman–Crippen MR) is 98.7 cm³/mol. The molecular formula is C20H21N5O2. The minimum atomic E-state index is -0.665. The van der Waals surface area contributed by atoms with Gasteiger partial charge in [0.2, 0.25) is 11.8 Å². The number of ether oxygens (including phenoxy) is 1. The fourth-order valence-electron chi connectivity index (χ4n) is 4.35. The van der Waals surface area contributed by atoms with Gasteiger partial charge in [-0.05, 0) is 31.4 Å². The van der Waals surface area contributed by atoms with E-state index in [1.807, 2.05) is 42.2 Å². The van der Waals surface area contributed by atoms with Crippen molar-refractivity contribution in [2.45, 2.75) is 31.6 Å². The summed E-state index contributed by atoms with van der Waals surface area (Å²) in [5.41, 5.74) is 1.99. The Hall–Kier alpha value is -3.14. The van der Waals surface area contributed by atoms with E-state index in [9.17, 15) is 10.1 Å². The topological polar surface area (TPSA) is 106 Å². The number of nitrogens with one attached hydrogen (secondary N) is 2. The van der Waals surface area contributed by atoms with Crippen molar-refractivity contribution in [3.8, 4) is 11.9 Å². The zero-order valence-electron chi connectivity index (χ0n) is 15.2. The summed E-state index contributed by atoms with van der Waals surface area (Å²) in [7, 11) is 0. The van der Waals surface area contributed by atoms with E-state index in [0.29, 0.717) is 37.4 Å². The zero-order valence-corrected chi connectivity index (χ0v) is 15.2. The molecule has 0 bridgehead atoms. The highest BCUT2D eigenvalue weighted by Gasteiger charge is 2.53. The van der Waals surface area contributed by atoms with Crippen LogP contribution in [0.25, 0.3) is 0 Å². The van der Waals surface area contributed by atoms with E-state index in [1.54, 1.807) is 0 Å². The smallest absolute Gasteiger partial charge is 0.253 e. The largest absolute Gasteiger partial charge is 0.422 e. The molecule has 2 aromatic rings. The number of rotatable bonds is 2. The first-order valence-corrected chi connectivity index (χ1v) is 9.18. The van der Waals surface area contributed by atoms with Gasteiger partial charge in [-0.25, -0.2) is 0 Å². The summed E-state index contributed by atoms with van der Waals surface area (Å²) in [6.45, 7) is 3.09. The SMILES string of the molecule is CCc1[nH]nc2c1C1(CCN(C(=O)c3ccccc3)CC1)C(C#N)C(=N)O2. The number of aromatic amines is 1. The van der Waals surface area contributed by atoms with Crippen LogP contribution in [0.2, 0.25) is 0 Å². The Bertz CT molecular complexity index is 920. The van der Waals surface area contributed by atoms with Crippen LogP contribution in [-0.4, -0.2) is 40.0 Å². The molecule has 1 spiro atoms. The average molecular weight is 363 g/mol. The van der Waals surface area contributed by atoms with Crippen molar-refractivity contribution >= 4 is 11.8 Å². The number of likely N-dealkylation sites (tertiary alicyclic amines) is 1. The number of benzene rings is 1. The molecule has 2 aliphatic rings. The van der Waals surface area contributed by atoms with E-state index in [2.05, 4.69) is 16.3 Å². The molecular weight excluding hydrogens is 342 g/mol. The summed E-state index contributed by atoms with van der Waals surface area (Å²) in [4.78, 5) is 14.6. The average Bonchev–Trinajstić information content (AvgIpc) is 3.12. The van der Waals surface area contributed by atoms with Crippen LogP contribution >= 0.6 is 0 Å². The maximum Gasteiger partial charge on any atom is 0.253 e. The van der Waals surface area contributed by atoms with Crippen LogP contribution in [0.3, 0.4) is 0 Å². The summed E-state index contributed by atoms with van der Waals surface area (Å²) in [6, 6.07) is 11.5. The highest BCUT2D eigenvalue weighted by atomic mass is 16.5. The molecule has 1 atom stereocenters. The summed E-state index contributed by atoms with van der Waals surface area (Å²) >= 11 is 0. The minimum Gasteiger partial charge on any atom is -0.422 e. The van der Waals surface area contributed by atoms with Gasteiger partial charge >= 0.3 is 0 Å². The van der Waals surface area contributed by atoms with Gasteiger partial charge in [-0.3, -0.25) is 15.3 Å². The molecule has 0 aliphatic carbocycles. The van der Waals surface area contributed by atoms with Crippen molar-refractivity contribution in [2.24, 2.45) is 5.92 Å². The molecule has 0 saturated carbocycles. The molecule has 1 aromatic carbocycles. The lowest BCUT2D eigenvalue weighted by Crippen LogP contribution is -2.53. The Morgan fingerprint density at radius 2 is 2.11 bits per heavy atom. The molecule has 0 radical (unpaired) electrons. The van der Waals surface area contributed by atoms with Gasteiger partial charge in [-0.2, -0.15) is 5.26 Å². The second kappa shape index (κ2) is 6.54. The number of fused-ring (bicyclic) bond motifs is 2. The number of carbonyl (C=O) groups excluding carboxylic acids is 1. The van der Waals surface area contributed by atoms with Gasteiger partial charge in [0.1, 0.15) is 5.92 Å². The Kier molecular flexibility index (Phi) is 4.19. The van der Waals surface area contributed by atoms with Crippen LogP contribution in [0.5, 0.6) is 5.88 Å². The van der Waals surface area contributed by atoms with Crippen molar-refractivity contribution in [2.75, 3.05) is 13.1 Å².